The highest BCUT2D eigenvalue weighted by Crippen LogP contribution is 2.32. The first-order valence-electron chi connectivity index (χ1n) is 8.97. The maximum Gasteiger partial charge on any atom is 0.345 e. The lowest BCUT2D eigenvalue weighted by Gasteiger charge is -2.18. The molecule has 9 heteroatoms. The molecule has 1 unspecified atom stereocenters. The standard InChI is InChI=1S/C20H23BrFNO5S/c1-5-28-20(25)19(22)13(3)12(2)17-10-23(11-18(17)14(4)24)29(26,27)16-8-6-15(21)7-9-16/h6-9,19H,5,10-11H2,1-4H3/b13-12-. The normalized spacial score (nSPS) is 17.2. The molecule has 158 valence electrons. The Bertz CT molecular complexity index is 983. The summed E-state index contributed by atoms with van der Waals surface area (Å²) in [6.45, 7) is 5.80. The molecule has 0 bridgehead atoms. The Balaban J connectivity index is 2.40. The van der Waals surface area contributed by atoms with Gasteiger partial charge in [0.05, 0.1) is 11.5 Å². The molecule has 0 radical (unpaired) electrons. The van der Waals surface area contributed by atoms with Crippen LogP contribution in [0.5, 0.6) is 0 Å². The van der Waals surface area contributed by atoms with Gasteiger partial charge in [-0.2, -0.15) is 4.31 Å². The Kier molecular flexibility index (Phi) is 7.53. The maximum absolute atomic E-state index is 14.5. The number of rotatable bonds is 7. The quantitative estimate of drug-likeness (QED) is 0.549. The van der Waals surface area contributed by atoms with E-state index in [9.17, 15) is 22.4 Å². The van der Waals surface area contributed by atoms with Gasteiger partial charge in [-0.05, 0) is 68.7 Å². The van der Waals surface area contributed by atoms with E-state index in [-0.39, 0.29) is 35.9 Å². The van der Waals surface area contributed by atoms with Gasteiger partial charge in [0.15, 0.2) is 5.78 Å². The van der Waals surface area contributed by atoms with Crippen LogP contribution >= 0.6 is 15.9 Å². The minimum atomic E-state index is -3.85. The predicted molar refractivity (Wildman–Crippen MR) is 111 cm³/mol. The fraction of sp³-hybridized carbons (Fsp3) is 0.400. The van der Waals surface area contributed by atoms with Crippen LogP contribution in [0.15, 0.2) is 55.9 Å². The number of ketones is 1. The third kappa shape index (κ3) is 5.02. The summed E-state index contributed by atoms with van der Waals surface area (Å²) in [6, 6.07) is 6.17. The number of nitrogens with zero attached hydrogens (tertiary/aromatic N) is 1. The Morgan fingerprint density at radius 2 is 1.69 bits per heavy atom. The molecule has 0 saturated carbocycles. The highest BCUT2D eigenvalue weighted by molar-refractivity contribution is 9.10. The molecule has 1 aliphatic heterocycles. The van der Waals surface area contributed by atoms with E-state index in [1.165, 1.54) is 30.3 Å². The van der Waals surface area contributed by atoms with Crippen molar-refractivity contribution in [2.45, 2.75) is 38.8 Å². The summed E-state index contributed by atoms with van der Waals surface area (Å²) in [5.41, 5.74) is 1.19. The van der Waals surface area contributed by atoms with Crippen LogP contribution in [0.2, 0.25) is 0 Å². The molecule has 1 aromatic carbocycles. The first kappa shape index (κ1) is 23.4. The summed E-state index contributed by atoms with van der Waals surface area (Å²) < 4.78 is 47.1. The SMILES string of the molecule is CCOC(=O)C(F)/C(C)=C(/C)C1=C(C(C)=O)CN(S(=O)(=O)c2ccc(Br)cc2)C1. The first-order chi connectivity index (χ1) is 13.5. The summed E-state index contributed by atoms with van der Waals surface area (Å²) in [5, 5.41) is 0. The van der Waals surface area contributed by atoms with Crippen molar-refractivity contribution in [2.24, 2.45) is 0 Å². The molecule has 6 nitrogen and oxygen atoms in total. The van der Waals surface area contributed by atoms with Crippen molar-refractivity contribution in [1.29, 1.82) is 0 Å². The van der Waals surface area contributed by atoms with E-state index >= 15 is 0 Å². The van der Waals surface area contributed by atoms with Crippen LogP contribution in [0, 0.1) is 0 Å². The molecule has 0 saturated heterocycles. The molecule has 0 aliphatic carbocycles. The average molecular weight is 488 g/mol. The smallest absolute Gasteiger partial charge is 0.345 e. The zero-order chi connectivity index (χ0) is 21.9. The molecular formula is C20H23BrFNO5S. The van der Waals surface area contributed by atoms with Crippen LogP contribution in [-0.2, 0) is 24.3 Å². The van der Waals surface area contributed by atoms with Gasteiger partial charge >= 0.3 is 5.97 Å². The van der Waals surface area contributed by atoms with Gasteiger partial charge in [0.1, 0.15) is 0 Å². The topological polar surface area (TPSA) is 80.8 Å². The van der Waals surface area contributed by atoms with Crippen LogP contribution in [0.25, 0.3) is 0 Å². The second-order valence-corrected chi connectivity index (χ2v) is 9.52. The lowest BCUT2D eigenvalue weighted by atomic mass is 9.95. The number of hydrogen-bond donors (Lipinski definition) is 0. The molecule has 0 spiro atoms. The summed E-state index contributed by atoms with van der Waals surface area (Å²) in [4.78, 5) is 24.0. The van der Waals surface area contributed by atoms with E-state index in [4.69, 9.17) is 4.74 Å². The number of ether oxygens (including phenoxy) is 1. The second-order valence-electron chi connectivity index (χ2n) is 6.66. The first-order valence-corrected chi connectivity index (χ1v) is 11.2. The number of benzene rings is 1. The largest absolute Gasteiger partial charge is 0.464 e. The molecule has 0 fully saturated rings. The van der Waals surface area contributed by atoms with E-state index in [0.717, 1.165) is 4.47 Å². The van der Waals surface area contributed by atoms with Crippen LogP contribution in [0.3, 0.4) is 0 Å². The lowest BCUT2D eigenvalue weighted by Crippen LogP contribution is -2.30. The van der Waals surface area contributed by atoms with Crippen molar-refractivity contribution in [3.63, 3.8) is 0 Å². The van der Waals surface area contributed by atoms with Crippen molar-refractivity contribution in [2.75, 3.05) is 19.7 Å². The molecular weight excluding hydrogens is 465 g/mol. The van der Waals surface area contributed by atoms with E-state index < -0.39 is 22.2 Å². The molecule has 1 atom stereocenters. The minimum absolute atomic E-state index is 0.0478. The fourth-order valence-corrected chi connectivity index (χ4v) is 4.65. The highest BCUT2D eigenvalue weighted by atomic mass is 79.9. The van der Waals surface area contributed by atoms with Gasteiger partial charge in [0, 0.05) is 23.1 Å². The van der Waals surface area contributed by atoms with Crippen LogP contribution in [0.4, 0.5) is 4.39 Å². The highest BCUT2D eigenvalue weighted by Gasteiger charge is 2.35. The molecule has 0 aromatic heterocycles. The van der Waals surface area contributed by atoms with E-state index in [2.05, 4.69) is 15.9 Å². The average Bonchev–Trinajstić information content (AvgIpc) is 3.13. The van der Waals surface area contributed by atoms with Gasteiger partial charge in [-0.3, -0.25) is 4.79 Å². The maximum atomic E-state index is 14.5. The van der Waals surface area contributed by atoms with E-state index in [0.29, 0.717) is 16.7 Å². The molecule has 29 heavy (non-hydrogen) atoms. The number of carbonyl (C=O) groups is 2. The molecule has 1 aliphatic rings. The minimum Gasteiger partial charge on any atom is -0.464 e. The molecule has 0 N–H and O–H groups in total. The van der Waals surface area contributed by atoms with Gasteiger partial charge in [-0.25, -0.2) is 17.6 Å². The third-order valence-electron chi connectivity index (χ3n) is 4.83. The molecule has 0 amide bonds. The van der Waals surface area contributed by atoms with E-state index in [1.807, 2.05) is 0 Å². The second kappa shape index (κ2) is 9.32. The Labute approximate surface area is 178 Å². The van der Waals surface area contributed by atoms with Crippen LogP contribution in [0.1, 0.15) is 27.7 Å². The summed E-state index contributed by atoms with van der Waals surface area (Å²) in [6.07, 6.45) is -1.98. The Morgan fingerprint density at radius 3 is 2.21 bits per heavy atom. The summed E-state index contributed by atoms with van der Waals surface area (Å²) in [5.74, 6) is -1.31. The lowest BCUT2D eigenvalue weighted by molar-refractivity contribution is -0.147. The number of Topliss-reactive ketones (excluding diaryl/α,β-unsaturated/α-hetero) is 1. The molecule has 1 aromatic rings. The summed E-state index contributed by atoms with van der Waals surface area (Å²) >= 11 is 3.26. The van der Waals surface area contributed by atoms with Crippen molar-refractivity contribution in [3.05, 3.63) is 51.0 Å². The Hall–Kier alpha value is -1.84. The van der Waals surface area contributed by atoms with Crippen molar-refractivity contribution < 1.29 is 27.1 Å². The number of halogens is 2. The zero-order valence-corrected chi connectivity index (χ0v) is 19.1. The van der Waals surface area contributed by atoms with Crippen molar-refractivity contribution >= 4 is 37.7 Å². The van der Waals surface area contributed by atoms with Gasteiger partial charge < -0.3 is 4.74 Å². The van der Waals surface area contributed by atoms with E-state index in [1.54, 1.807) is 26.0 Å². The van der Waals surface area contributed by atoms with Gasteiger partial charge in [0.25, 0.3) is 0 Å². The van der Waals surface area contributed by atoms with Crippen molar-refractivity contribution in [3.8, 4) is 0 Å². The Morgan fingerprint density at radius 1 is 1.14 bits per heavy atom. The number of hydrogen-bond acceptors (Lipinski definition) is 5. The van der Waals surface area contributed by atoms with Crippen molar-refractivity contribution in [1.82, 2.24) is 4.31 Å². The molecule has 2 rings (SSSR count). The number of esters is 1. The third-order valence-corrected chi connectivity index (χ3v) is 7.16. The van der Waals surface area contributed by atoms with Gasteiger partial charge in [-0.15, -0.1) is 0 Å². The number of carbonyl (C=O) groups excluding carboxylic acids is 2. The number of sulfonamides is 1. The van der Waals surface area contributed by atoms with Gasteiger partial charge in [-0.1, -0.05) is 15.9 Å². The monoisotopic (exact) mass is 487 g/mol. The predicted octanol–water partition coefficient (Wildman–Crippen LogP) is 3.58. The van der Waals surface area contributed by atoms with Crippen LogP contribution in [-0.4, -0.2) is 50.3 Å². The van der Waals surface area contributed by atoms with Crippen LogP contribution < -0.4 is 0 Å². The number of alkyl halides is 1. The molecule has 1 heterocycles. The summed E-state index contributed by atoms with van der Waals surface area (Å²) in [7, 11) is -3.85. The zero-order valence-electron chi connectivity index (χ0n) is 16.7. The van der Waals surface area contributed by atoms with Gasteiger partial charge in [0.2, 0.25) is 16.2 Å². The fourth-order valence-electron chi connectivity index (χ4n) is 3.01.